The summed E-state index contributed by atoms with van der Waals surface area (Å²) in [5.41, 5.74) is 5.34. The lowest BCUT2D eigenvalue weighted by Gasteiger charge is -2.09. The summed E-state index contributed by atoms with van der Waals surface area (Å²) in [4.78, 5) is 21.1. The van der Waals surface area contributed by atoms with Crippen molar-refractivity contribution >= 4 is 12.3 Å². The molecule has 0 spiro atoms. The first-order valence-electron chi connectivity index (χ1n) is 4.04. The molecule has 0 saturated heterocycles. The van der Waals surface area contributed by atoms with Crippen LogP contribution in [0.5, 0.6) is 0 Å². The number of carbonyl (C=O) groups excluding carboxylic acids is 2. The van der Waals surface area contributed by atoms with Crippen molar-refractivity contribution in [3.63, 3.8) is 0 Å². The molecule has 1 rings (SSSR count). The van der Waals surface area contributed by atoms with Crippen molar-refractivity contribution in [3.05, 3.63) is 11.3 Å². The lowest BCUT2D eigenvalue weighted by Crippen LogP contribution is -2.26. The second kappa shape index (κ2) is 4.21. The number of hydrogen-bond acceptors (Lipinski definition) is 6. The molecule has 1 aliphatic rings. The molecule has 4 N–H and O–H groups in total. The van der Waals surface area contributed by atoms with Gasteiger partial charge in [-0.25, -0.2) is 0 Å². The first kappa shape index (κ1) is 10.7. The van der Waals surface area contributed by atoms with E-state index >= 15 is 0 Å². The summed E-state index contributed by atoms with van der Waals surface area (Å²) in [7, 11) is 0. The van der Waals surface area contributed by atoms with E-state index in [1.807, 2.05) is 0 Å². The SMILES string of the molecule is NC(CC1=C(O)CC(O)C1=O)OC=O. The zero-order valence-corrected chi connectivity index (χ0v) is 7.34. The van der Waals surface area contributed by atoms with Gasteiger partial charge in [-0.2, -0.15) is 0 Å². The fraction of sp³-hybridized carbons (Fsp3) is 0.500. The van der Waals surface area contributed by atoms with Gasteiger partial charge in [0.2, 0.25) is 0 Å². The Hall–Kier alpha value is -1.40. The standard InChI is InChI=1S/C8H11NO5/c9-7(14-3-10)1-4-5(11)2-6(12)8(4)13/h3,6-7,11-12H,1-2,9H2. The highest BCUT2D eigenvalue weighted by atomic mass is 16.5. The molecule has 2 unspecified atom stereocenters. The summed E-state index contributed by atoms with van der Waals surface area (Å²) in [5, 5.41) is 18.3. The Morgan fingerprint density at radius 1 is 1.71 bits per heavy atom. The van der Waals surface area contributed by atoms with Gasteiger partial charge < -0.3 is 14.9 Å². The third-order valence-electron chi connectivity index (χ3n) is 1.97. The highest BCUT2D eigenvalue weighted by Gasteiger charge is 2.32. The maximum Gasteiger partial charge on any atom is 0.294 e. The Kier molecular flexibility index (Phi) is 3.21. The summed E-state index contributed by atoms with van der Waals surface area (Å²) in [6.45, 7) is 0.165. The molecule has 0 radical (unpaired) electrons. The Labute approximate surface area is 80.0 Å². The van der Waals surface area contributed by atoms with Gasteiger partial charge in [-0.3, -0.25) is 15.3 Å². The summed E-state index contributed by atoms with van der Waals surface area (Å²) in [6, 6.07) is 0. The molecule has 0 aromatic carbocycles. The van der Waals surface area contributed by atoms with Crippen molar-refractivity contribution < 1.29 is 24.5 Å². The van der Waals surface area contributed by atoms with Crippen LogP contribution in [-0.4, -0.2) is 34.8 Å². The fourth-order valence-electron chi connectivity index (χ4n) is 1.28. The zero-order chi connectivity index (χ0) is 10.7. The first-order chi connectivity index (χ1) is 6.56. The predicted molar refractivity (Wildman–Crippen MR) is 45.0 cm³/mol. The molecule has 0 aromatic heterocycles. The number of rotatable bonds is 4. The van der Waals surface area contributed by atoms with Gasteiger partial charge in [0.15, 0.2) is 12.0 Å². The lowest BCUT2D eigenvalue weighted by atomic mass is 10.1. The zero-order valence-electron chi connectivity index (χ0n) is 7.34. The van der Waals surface area contributed by atoms with Gasteiger partial charge in [-0.05, 0) is 0 Å². The number of hydrogen-bond donors (Lipinski definition) is 3. The van der Waals surface area contributed by atoms with Crippen LogP contribution in [0.25, 0.3) is 0 Å². The van der Waals surface area contributed by atoms with Crippen LogP contribution in [-0.2, 0) is 14.3 Å². The third-order valence-corrected chi connectivity index (χ3v) is 1.97. The third kappa shape index (κ3) is 2.09. The van der Waals surface area contributed by atoms with E-state index in [-0.39, 0.29) is 30.6 Å². The van der Waals surface area contributed by atoms with Gasteiger partial charge >= 0.3 is 0 Å². The average molecular weight is 201 g/mol. The van der Waals surface area contributed by atoms with E-state index in [4.69, 9.17) is 10.8 Å². The summed E-state index contributed by atoms with van der Waals surface area (Å²) in [5.74, 6) is -0.750. The van der Waals surface area contributed by atoms with Gasteiger partial charge in [0.25, 0.3) is 6.47 Å². The predicted octanol–water partition coefficient (Wildman–Crippen LogP) is -1.02. The molecule has 0 fully saturated rings. The van der Waals surface area contributed by atoms with E-state index in [1.165, 1.54) is 0 Å². The molecule has 1 aliphatic carbocycles. The van der Waals surface area contributed by atoms with Gasteiger partial charge in [0.05, 0.1) is 0 Å². The highest BCUT2D eigenvalue weighted by Crippen LogP contribution is 2.24. The molecule has 78 valence electrons. The Bertz CT molecular complexity index is 285. The second-order valence-corrected chi connectivity index (χ2v) is 2.98. The topological polar surface area (TPSA) is 110 Å². The van der Waals surface area contributed by atoms with E-state index in [0.717, 1.165) is 0 Å². The second-order valence-electron chi connectivity index (χ2n) is 2.98. The van der Waals surface area contributed by atoms with E-state index in [9.17, 15) is 14.7 Å². The minimum Gasteiger partial charge on any atom is -0.512 e. The largest absolute Gasteiger partial charge is 0.512 e. The molecule has 0 bridgehead atoms. The van der Waals surface area contributed by atoms with Crippen molar-refractivity contribution in [1.29, 1.82) is 0 Å². The van der Waals surface area contributed by atoms with Crippen molar-refractivity contribution in [2.45, 2.75) is 25.2 Å². The first-order valence-corrected chi connectivity index (χ1v) is 4.04. The van der Waals surface area contributed by atoms with E-state index in [0.29, 0.717) is 0 Å². The quantitative estimate of drug-likeness (QED) is 0.396. The number of aliphatic hydroxyl groups is 2. The molecule has 0 aromatic rings. The summed E-state index contributed by atoms with van der Waals surface area (Å²) in [6.07, 6.45) is -2.35. The van der Waals surface area contributed by atoms with Crippen molar-refractivity contribution in [2.24, 2.45) is 5.73 Å². The van der Waals surface area contributed by atoms with Gasteiger partial charge in [0.1, 0.15) is 11.9 Å². The number of aliphatic hydroxyl groups excluding tert-OH is 2. The van der Waals surface area contributed by atoms with Crippen molar-refractivity contribution in [1.82, 2.24) is 0 Å². The van der Waals surface area contributed by atoms with Gasteiger partial charge in [0, 0.05) is 18.4 Å². The molecule has 0 aliphatic heterocycles. The number of carbonyl (C=O) groups is 2. The average Bonchev–Trinajstić information content (AvgIpc) is 2.33. The monoisotopic (exact) mass is 201 g/mol. The van der Waals surface area contributed by atoms with Gasteiger partial charge in [-0.15, -0.1) is 0 Å². The molecule has 6 nitrogen and oxygen atoms in total. The normalized spacial score (nSPS) is 23.9. The maximum absolute atomic E-state index is 11.2. The van der Waals surface area contributed by atoms with E-state index < -0.39 is 18.1 Å². The maximum atomic E-state index is 11.2. The number of ketones is 1. The van der Waals surface area contributed by atoms with Crippen molar-refractivity contribution in [2.75, 3.05) is 0 Å². The Morgan fingerprint density at radius 3 is 2.79 bits per heavy atom. The molecular formula is C8H11NO5. The summed E-state index contributed by atoms with van der Waals surface area (Å²) >= 11 is 0. The summed E-state index contributed by atoms with van der Waals surface area (Å²) < 4.78 is 4.35. The lowest BCUT2D eigenvalue weighted by molar-refractivity contribution is -0.133. The molecule has 2 atom stereocenters. The van der Waals surface area contributed by atoms with E-state index in [1.54, 1.807) is 0 Å². The highest BCUT2D eigenvalue weighted by molar-refractivity contribution is 6.01. The van der Waals surface area contributed by atoms with Crippen LogP contribution in [0.4, 0.5) is 0 Å². The van der Waals surface area contributed by atoms with Crippen LogP contribution in [0, 0.1) is 0 Å². The Morgan fingerprint density at radius 2 is 2.36 bits per heavy atom. The molecule has 0 amide bonds. The van der Waals surface area contributed by atoms with Crippen LogP contribution >= 0.6 is 0 Å². The van der Waals surface area contributed by atoms with Crippen LogP contribution in [0.1, 0.15) is 12.8 Å². The minimum atomic E-state index is -1.20. The van der Waals surface area contributed by atoms with E-state index in [2.05, 4.69) is 4.74 Å². The fourth-order valence-corrected chi connectivity index (χ4v) is 1.28. The van der Waals surface area contributed by atoms with Crippen LogP contribution in [0.2, 0.25) is 0 Å². The molecule has 6 heteroatoms. The Balaban J connectivity index is 2.64. The van der Waals surface area contributed by atoms with Crippen LogP contribution < -0.4 is 5.73 Å². The van der Waals surface area contributed by atoms with Crippen LogP contribution in [0.15, 0.2) is 11.3 Å². The smallest absolute Gasteiger partial charge is 0.294 e. The van der Waals surface area contributed by atoms with Crippen molar-refractivity contribution in [3.8, 4) is 0 Å². The molecule has 0 heterocycles. The molecule has 14 heavy (non-hydrogen) atoms. The van der Waals surface area contributed by atoms with Gasteiger partial charge in [-0.1, -0.05) is 0 Å². The molecular weight excluding hydrogens is 190 g/mol. The van der Waals surface area contributed by atoms with Crippen LogP contribution in [0.3, 0.4) is 0 Å². The number of nitrogens with two attached hydrogens (primary N) is 1. The number of ether oxygens (including phenoxy) is 1. The number of Topliss-reactive ketones (excluding diaryl/α,β-unsaturated/α-hetero) is 1. The minimum absolute atomic E-state index is 0.0341. The molecule has 0 saturated carbocycles.